The van der Waals surface area contributed by atoms with Crippen LogP contribution in [0.5, 0.6) is 0 Å². The van der Waals surface area contributed by atoms with Crippen LogP contribution in [-0.2, 0) is 6.42 Å². The number of aliphatic hydroxyl groups is 1. The Morgan fingerprint density at radius 3 is 2.59 bits per heavy atom. The van der Waals surface area contributed by atoms with E-state index in [-0.39, 0.29) is 6.03 Å². The van der Waals surface area contributed by atoms with Gasteiger partial charge in [0.1, 0.15) is 0 Å². The number of rotatable bonds is 3. The van der Waals surface area contributed by atoms with Gasteiger partial charge in [-0.2, -0.15) is 0 Å². The minimum Gasteiger partial charge on any atom is -0.391 e. The van der Waals surface area contributed by atoms with Crippen LogP contribution in [0.3, 0.4) is 0 Å². The first-order chi connectivity index (χ1) is 10.7. The zero-order valence-corrected chi connectivity index (χ0v) is 12.4. The van der Waals surface area contributed by atoms with Crippen LogP contribution in [0.25, 0.3) is 0 Å². The molecule has 0 bridgehead atoms. The van der Waals surface area contributed by atoms with E-state index in [1.54, 1.807) is 4.90 Å². The van der Waals surface area contributed by atoms with Gasteiger partial charge in [0.05, 0.1) is 6.10 Å². The standard InChI is InChI=1S/C18H20N2O2/c21-16-10-11-20(13-16)18(22)19-17-9-5-4-8-15(17)12-14-6-2-1-3-7-14/h1-9,16,21H,10-13H2,(H,19,22)/t16-/m1/s1. The van der Waals surface area contributed by atoms with E-state index in [0.29, 0.717) is 19.5 Å². The molecular weight excluding hydrogens is 276 g/mol. The molecule has 0 aromatic heterocycles. The molecule has 1 aliphatic heterocycles. The Bertz CT molecular complexity index is 643. The zero-order chi connectivity index (χ0) is 15.4. The van der Waals surface area contributed by atoms with Crippen LogP contribution in [0, 0.1) is 0 Å². The summed E-state index contributed by atoms with van der Waals surface area (Å²) in [5, 5.41) is 12.5. The van der Waals surface area contributed by atoms with E-state index in [1.165, 1.54) is 5.56 Å². The lowest BCUT2D eigenvalue weighted by molar-refractivity contribution is 0.176. The van der Waals surface area contributed by atoms with Crippen LogP contribution in [0.1, 0.15) is 17.5 Å². The molecule has 22 heavy (non-hydrogen) atoms. The molecule has 4 nitrogen and oxygen atoms in total. The summed E-state index contributed by atoms with van der Waals surface area (Å²) in [6, 6.07) is 17.9. The number of carbonyl (C=O) groups is 1. The molecule has 1 atom stereocenters. The molecule has 1 aliphatic rings. The van der Waals surface area contributed by atoms with Crippen molar-refractivity contribution >= 4 is 11.7 Å². The van der Waals surface area contributed by atoms with Crippen molar-refractivity contribution in [1.29, 1.82) is 0 Å². The van der Waals surface area contributed by atoms with Gasteiger partial charge in [-0.1, -0.05) is 48.5 Å². The third kappa shape index (κ3) is 3.46. The molecule has 2 aromatic carbocycles. The molecule has 2 amide bonds. The van der Waals surface area contributed by atoms with Crippen LogP contribution >= 0.6 is 0 Å². The van der Waals surface area contributed by atoms with Crippen LogP contribution in [0.4, 0.5) is 10.5 Å². The SMILES string of the molecule is O=C(Nc1ccccc1Cc1ccccc1)N1CC[C@@H](O)C1. The Hall–Kier alpha value is -2.33. The van der Waals surface area contributed by atoms with E-state index in [4.69, 9.17) is 0 Å². The Kier molecular flexibility index (Phi) is 4.39. The van der Waals surface area contributed by atoms with Gasteiger partial charge in [0.15, 0.2) is 0 Å². The average Bonchev–Trinajstić information content (AvgIpc) is 2.97. The first-order valence-electron chi connectivity index (χ1n) is 7.58. The van der Waals surface area contributed by atoms with Crippen molar-refractivity contribution in [1.82, 2.24) is 4.90 Å². The van der Waals surface area contributed by atoms with E-state index in [0.717, 1.165) is 17.7 Å². The maximum atomic E-state index is 12.3. The second-order valence-corrected chi connectivity index (χ2v) is 5.64. The normalized spacial score (nSPS) is 17.5. The van der Waals surface area contributed by atoms with Gasteiger partial charge in [-0.15, -0.1) is 0 Å². The Morgan fingerprint density at radius 1 is 1.14 bits per heavy atom. The quantitative estimate of drug-likeness (QED) is 0.915. The summed E-state index contributed by atoms with van der Waals surface area (Å²) in [5.74, 6) is 0. The lowest BCUT2D eigenvalue weighted by atomic mass is 10.0. The molecule has 2 aromatic rings. The van der Waals surface area contributed by atoms with Gasteiger partial charge in [-0.3, -0.25) is 0 Å². The smallest absolute Gasteiger partial charge is 0.321 e. The van der Waals surface area contributed by atoms with Crippen molar-refractivity contribution in [3.63, 3.8) is 0 Å². The van der Waals surface area contributed by atoms with Gasteiger partial charge in [-0.05, 0) is 30.0 Å². The Morgan fingerprint density at radius 2 is 1.86 bits per heavy atom. The molecular formula is C18H20N2O2. The Labute approximate surface area is 130 Å². The average molecular weight is 296 g/mol. The highest BCUT2D eigenvalue weighted by atomic mass is 16.3. The topological polar surface area (TPSA) is 52.6 Å². The predicted octanol–water partition coefficient (Wildman–Crippen LogP) is 2.88. The molecule has 0 radical (unpaired) electrons. The van der Waals surface area contributed by atoms with E-state index in [9.17, 15) is 9.90 Å². The number of likely N-dealkylation sites (tertiary alicyclic amines) is 1. The largest absolute Gasteiger partial charge is 0.391 e. The van der Waals surface area contributed by atoms with Crippen molar-refractivity contribution in [3.05, 3.63) is 65.7 Å². The lowest BCUT2D eigenvalue weighted by Gasteiger charge is -2.18. The predicted molar refractivity (Wildman–Crippen MR) is 86.9 cm³/mol. The van der Waals surface area contributed by atoms with Crippen LogP contribution in [0.2, 0.25) is 0 Å². The molecule has 0 aliphatic carbocycles. The van der Waals surface area contributed by atoms with Gasteiger partial charge in [0, 0.05) is 18.8 Å². The van der Waals surface area contributed by atoms with Crippen molar-refractivity contribution in [2.75, 3.05) is 18.4 Å². The van der Waals surface area contributed by atoms with Crippen molar-refractivity contribution < 1.29 is 9.90 Å². The number of carbonyl (C=O) groups excluding carboxylic acids is 1. The summed E-state index contributed by atoms with van der Waals surface area (Å²) in [6.45, 7) is 1.01. The van der Waals surface area contributed by atoms with Crippen LogP contribution in [-0.4, -0.2) is 35.2 Å². The fourth-order valence-corrected chi connectivity index (χ4v) is 2.73. The lowest BCUT2D eigenvalue weighted by Crippen LogP contribution is -2.33. The molecule has 3 rings (SSSR count). The number of aliphatic hydroxyl groups excluding tert-OH is 1. The number of hydrogen-bond donors (Lipinski definition) is 2. The number of nitrogens with one attached hydrogen (secondary N) is 1. The molecule has 0 spiro atoms. The number of urea groups is 1. The van der Waals surface area contributed by atoms with Crippen molar-refractivity contribution in [3.8, 4) is 0 Å². The first-order valence-corrected chi connectivity index (χ1v) is 7.58. The molecule has 2 N–H and O–H groups in total. The summed E-state index contributed by atoms with van der Waals surface area (Å²) < 4.78 is 0. The molecule has 0 unspecified atom stereocenters. The summed E-state index contributed by atoms with van der Waals surface area (Å²) in [7, 11) is 0. The molecule has 114 valence electrons. The minimum absolute atomic E-state index is 0.142. The molecule has 1 heterocycles. The monoisotopic (exact) mass is 296 g/mol. The highest BCUT2D eigenvalue weighted by Crippen LogP contribution is 2.20. The van der Waals surface area contributed by atoms with Gasteiger partial charge < -0.3 is 15.3 Å². The van der Waals surface area contributed by atoms with E-state index < -0.39 is 6.10 Å². The number of amides is 2. The van der Waals surface area contributed by atoms with E-state index in [2.05, 4.69) is 17.4 Å². The molecule has 4 heteroatoms. The molecule has 1 fully saturated rings. The summed E-state index contributed by atoms with van der Waals surface area (Å²) in [4.78, 5) is 13.9. The number of hydrogen-bond acceptors (Lipinski definition) is 2. The maximum absolute atomic E-state index is 12.3. The number of para-hydroxylation sites is 1. The minimum atomic E-state index is -0.398. The van der Waals surface area contributed by atoms with Crippen LogP contribution in [0.15, 0.2) is 54.6 Å². The zero-order valence-electron chi connectivity index (χ0n) is 12.4. The maximum Gasteiger partial charge on any atom is 0.321 e. The van der Waals surface area contributed by atoms with Crippen molar-refractivity contribution in [2.45, 2.75) is 18.9 Å². The van der Waals surface area contributed by atoms with Crippen LogP contribution < -0.4 is 5.32 Å². The van der Waals surface area contributed by atoms with Gasteiger partial charge in [0.25, 0.3) is 0 Å². The number of nitrogens with zero attached hydrogens (tertiary/aromatic N) is 1. The Balaban J connectivity index is 1.72. The second kappa shape index (κ2) is 6.62. The van der Waals surface area contributed by atoms with E-state index >= 15 is 0 Å². The highest BCUT2D eigenvalue weighted by molar-refractivity contribution is 5.90. The summed E-state index contributed by atoms with van der Waals surface area (Å²) in [5.41, 5.74) is 3.13. The summed E-state index contributed by atoms with van der Waals surface area (Å²) >= 11 is 0. The first kappa shape index (κ1) is 14.6. The fraction of sp³-hybridized carbons (Fsp3) is 0.278. The van der Waals surface area contributed by atoms with E-state index in [1.807, 2.05) is 42.5 Å². The third-order valence-electron chi connectivity index (χ3n) is 3.95. The van der Waals surface area contributed by atoms with Gasteiger partial charge >= 0.3 is 6.03 Å². The van der Waals surface area contributed by atoms with Gasteiger partial charge in [0.2, 0.25) is 0 Å². The fourth-order valence-electron chi connectivity index (χ4n) is 2.73. The highest BCUT2D eigenvalue weighted by Gasteiger charge is 2.24. The number of β-amino-alcohol motifs (C(OH)–C–C–N with tert-alkyl or cyclic N) is 1. The van der Waals surface area contributed by atoms with Gasteiger partial charge in [-0.25, -0.2) is 4.79 Å². The third-order valence-corrected chi connectivity index (χ3v) is 3.95. The number of benzene rings is 2. The molecule has 1 saturated heterocycles. The number of anilines is 1. The molecule has 0 saturated carbocycles. The van der Waals surface area contributed by atoms with Crippen molar-refractivity contribution in [2.24, 2.45) is 0 Å². The second-order valence-electron chi connectivity index (χ2n) is 5.64. The summed E-state index contributed by atoms with van der Waals surface area (Å²) in [6.07, 6.45) is 1.03.